The van der Waals surface area contributed by atoms with Crippen LogP contribution in [0.15, 0.2) is 48.5 Å². The number of benzene rings is 2. The molecule has 1 N–H and O–H groups in total. The maximum atomic E-state index is 15.4. The van der Waals surface area contributed by atoms with Crippen LogP contribution in [0.5, 0.6) is 0 Å². The normalized spacial score (nSPS) is 16.1. The van der Waals surface area contributed by atoms with E-state index in [9.17, 15) is 18.0 Å². The highest BCUT2D eigenvalue weighted by Crippen LogP contribution is 2.54. The number of carbonyl (C=O) groups is 1. The molecule has 11 heteroatoms. The lowest BCUT2D eigenvalue weighted by atomic mass is 9.96. The van der Waals surface area contributed by atoms with Gasteiger partial charge in [0.15, 0.2) is 14.0 Å². The Kier molecular flexibility index (Phi) is 8.03. The van der Waals surface area contributed by atoms with Crippen molar-refractivity contribution in [3.8, 4) is 5.69 Å². The summed E-state index contributed by atoms with van der Waals surface area (Å²) in [7, 11) is -2.14. The summed E-state index contributed by atoms with van der Waals surface area (Å²) in [6, 6.07) is 11.9. The van der Waals surface area contributed by atoms with Crippen molar-refractivity contribution in [1.82, 2.24) is 15.1 Å². The van der Waals surface area contributed by atoms with Gasteiger partial charge in [0.1, 0.15) is 5.82 Å². The van der Waals surface area contributed by atoms with E-state index in [-0.39, 0.29) is 17.3 Å². The molecule has 0 bridgehead atoms. The molecule has 3 aromatic rings. The zero-order valence-electron chi connectivity index (χ0n) is 23.4. The van der Waals surface area contributed by atoms with Gasteiger partial charge in [0, 0.05) is 10.6 Å². The van der Waals surface area contributed by atoms with Gasteiger partial charge in [-0.25, -0.2) is 9.07 Å². The Morgan fingerprint density at radius 2 is 1.82 bits per heavy atom. The number of alkyl halides is 3. The molecule has 0 spiro atoms. The number of halogens is 5. The molecule has 1 fully saturated rings. The molecule has 4 rings (SSSR count). The summed E-state index contributed by atoms with van der Waals surface area (Å²) < 4.78 is 63.3. The van der Waals surface area contributed by atoms with Crippen LogP contribution in [0.3, 0.4) is 0 Å². The minimum absolute atomic E-state index is 0.0192. The minimum Gasteiger partial charge on any atom is -0.407 e. The van der Waals surface area contributed by atoms with Crippen molar-refractivity contribution in [2.24, 2.45) is 0 Å². The second-order valence-corrected chi connectivity index (χ2v) is 17.1. The molecule has 2 aromatic carbocycles. The van der Waals surface area contributed by atoms with Crippen molar-refractivity contribution in [2.45, 2.75) is 82.9 Å². The Morgan fingerprint density at radius 3 is 2.38 bits per heavy atom. The third-order valence-corrected chi connectivity index (χ3v) is 12.7. The maximum absolute atomic E-state index is 15.4. The monoisotopic (exact) mass is 595 g/mol. The van der Waals surface area contributed by atoms with E-state index in [2.05, 4.69) is 44.3 Å². The van der Waals surface area contributed by atoms with Crippen LogP contribution in [0.1, 0.15) is 69.0 Å². The molecule has 1 aliphatic carbocycles. The predicted octanol–water partition coefficient (Wildman–Crippen LogP) is 8.11. The molecule has 1 unspecified atom stereocenters. The first-order valence-electron chi connectivity index (χ1n) is 13.1. The zero-order valence-corrected chi connectivity index (χ0v) is 25.2. The van der Waals surface area contributed by atoms with Crippen LogP contribution in [0.4, 0.5) is 17.6 Å². The van der Waals surface area contributed by atoms with Crippen molar-refractivity contribution in [2.75, 3.05) is 0 Å². The van der Waals surface area contributed by atoms with E-state index < -0.39 is 43.4 Å². The summed E-state index contributed by atoms with van der Waals surface area (Å²) in [5.41, 5.74) is -0.315. The number of hydrogen-bond acceptors (Lipinski definition) is 3. The van der Waals surface area contributed by atoms with Crippen LogP contribution < -0.4 is 5.32 Å². The zero-order chi connectivity index (χ0) is 29.7. The fraction of sp³-hybridized carbons (Fsp3) is 0.448. The van der Waals surface area contributed by atoms with Gasteiger partial charge in [-0.2, -0.15) is 18.3 Å². The highest BCUT2D eigenvalue weighted by atomic mass is 35.5. The van der Waals surface area contributed by atoms with E-state index in [0.29, 0.717) is 21.8 Å². The lowest BCUT2D eigenvalue weighted by Gasteiger charge is -2.40. The fourth-order valence-electron chi connectivity index (χ4n) is 4.35. The van der Waals surface area contributed by atoms with Crippen molar-refractivity contribution in [1.29, 1.82) is 0 Å². The molecule has 1 saturated carbocycles. The average Bonchev–Trinajstić information content (AvgIpc) is 3.46. The molecule has 0 radical (unpaired) electrons. The van der Waals surface area contributed by atoms with E-state index in [4.69, 9.17) is 16.0 Å². The van der Waals surface area contributed by atoms with E-state index in [0.717, 1.165) is 23.6 Å². The minimum atomic E-state index is -4.66. The first-order chi connectivity index (χ1) is 18.4. The summed E-state index contributed by atoms with van der Waals surface area (Å²) in [4.78, 5) is 13.0. The Morgan fingerprint density at radius 1 is 1.15 bits per heavy atom. The standard InChI is InChI=1S/C29H34ClF4N3O2Si/c1-18(19-10-11-23(24(31)14-19)28(12-13-28)39-40(5,6)27(2,3)4)26(38)35-17-22-16-25(29(32,33)34)36-37(22)21-9-7-8-20(30)15-21/h7-11,14-16,18H,12-13,17H2,1-6H3,(H,35,38). The number of aromatic nitrogens is 2. The third-order valence-electron chi connectivity index (χ3n) is 7.91. The first kappa shape index (κ1) is 30.3. The molecule has 0 saturated heterocycles. The lowest BCUT2D eigenvalue weighted by molar-refractivity contribution is -0.141. The van der Waals surface area contributed by atoms with Gasteiger partial charge in [0.05, 0.1) is 29.4 Å². The first-order valence-corrected chi connectivity index (χ1v) is 16.4. The summed E-state index contributed by atoms with van der Waals surface area (Å²) in [6.07, 6.45) is -3.18. The average molecular weight is 596 g/mol. The largest absolute Gasteiger partial charge is 0.435 e. The molecule has 40 heavy (non-hydrogen) atoms. The molecular formula is C29H34ClF4N3O2Si. The smallest absolute Gasteiger partial charge is 0.407 e. The second-order valence-electron chi connectivity index (χ2n) is 11.9. The number of hydrogen-bond donors (Lipinski definition) is 1. The molecule has 1 heterocycles. The molecule has 216 valence electrons. The summed E-state index contributed by atoms with van der Waals surface area (Å²) >= 11 is 6.02. The van der Waals surface area contributed by atoms with Gasteiger partial charge in [-0.15, -0.1) is 0 Å². The number of nitrogens with one attached hydrogen (secondary N) is 1. The van der Waals surface area contributed by atoms with Crippen molar-refractivity contribution in [3.63, 3.8) is 0 Å². The van der Waals surface area contributed by atoms with Crippen LogP contribution in [0, 0.1) is 5.82 Å². The number of amides is 1. The second kappa shape index (κ2) is 10.6. The Bertz CT molecular complexity index is 1410. The van der Waals surface area contributed by atoms with Gasteiger partial charge in [0.25, 0.3) is 0 Å². The number of carbonyl (C=O) groups excluding carboxylic acids is 1. The quantitative estimate of drug-likeness (QED) is 0.211. The summed E-state index contributed by atoms with van der Waals surface area (Å²) in [5.74, 6) is -1.63. The molecular weight excluding hydrogens is 562 g/mol. The summed E-state index contributed by atoms with van der Waals surface area (Å²) in [5, 5.41) is 6.67. The fourth-order valence-corrected chi connectivity index (χ4v) is 6.13. The Balaban J connectivity index is 1.50. The molecule has 1 aromatic heterocycles. The van der Waals surface area contributed by atoms with Gasteiger partial charge in [-0.05, 0) is 73.8 Å². The molecule has 1 aliphatic rings. The number of rotatable bonds is 8. The highest BCUT2D eigenvalue weighted by molar-refractivity contribution is 6.74. The highest BCUT2D eigenvalue weighted by Gasteiger charge is 2.53. The van der Waals surface area contributed by atoms with Crippen molar-refractivity contribution in [3.05, 3.63) is 81.9 Å². The van der Waals surface area contributed by atoms with Gasteiger partial charge < -0.3 is 9.74 Å². The Labute approximate surface area is 238 Å². The van der Waals surface area contributed by atoms with E-state index in [1.807, 2.05) is 0 Å². The maximum Gasteiger partial charge on any atom is 0.435 e. The third kappa shape index (κ3) is 6.29. The molecule has 0 aliphatic heterocycles. The van der Waals surface area contributed by atoms with Gasteiger partial charge in [0.2, 0.25) is 5.91 Å². The van der Waals surface area contributed by atoms with E-state index >= 15 is 4.39 Å². The van der Waals surface area contributed by atoms with E-state index in [1.54, 1.807) is 37.3 Å². The lowest BCUT2D eigenvalue weighted by Crippen LogP contribution is -2.44. The van der Waals surface area contributed by atoms with E-state index in [1.165, 1.54) is 12.1 Å². The van der Waals surface area contributed by atoms with Crippen LogP contribution >= 0.6 is 11.6 Å². The van der Waals surface area contributed by atoms with Gasteiger partial charge in [-0.1, -0.05) is 50.6 Å². The van der Waals surface area contributed by atoms with Crippen LogP contribution in [0.2, 0.25) is 23.2 Å². The van der Waals surface area contributed by atoms with Gasteiger partial charge in [-0.3, -0.25) is 4.79 Å². The molecule has 1 atom stereocenters. The van der Waals surface area contributed by atoms with Crippen LogP contribution in [-0.2, 0) is 27.5 Å². The SMILES string of the molecule is CC(C(=O)NCc1cc(C(F)(F)F)nn1-c1cccc(Cl)c1)c1ccc(C2(O[Si](C)(C)C(C)(C)C)CC2)c(F)c1. The molecule has 5 nitrogen and oxygen atoms in total. The molecule has 1 amide bonds. The topological polar surface area (TPSA) is 56.2 Å². The summed E-state index contributed by atoms with van der Waals surface area (Å²) in [6.45, 7) is 12.1. The Hall–Kier alpha value is -2.69. The van der Waals surface area contributed by atoms with Gasteiger partial charge >= 0.3 is 6.18 Å². The number of nitrogens with zero attached hydrogens (tertiary/aromatic N) is 2. The van der Waals surface area contributed by atoms with Crippen molar-refractivity contribution >= 4 is 25.8 Å². The van der Waals surface area contributed by atoms with Crippen LogP contribution in [-0.4, -0.2) is 24.0 Å². The van der Waals surface area contributed by atoms with Crippen molar-refractivity contribution < 1.29 is 26.8 Å². The van der Waals surface area contributed by atoms with Crippen LogP contribution in [0.25, 0.3) is 5.69 Å². The predicted molar refractivity (Wildman–Crippen MR) is 149 cm³/mol.